The van der Waals surface area contributed by atoms with Crippen LogP contribution < -0.4 is 20.7 Å². The van der Waals surface area contributed by atoms with Gasteiger partial charge >= 0.3 is 6.01 Å². The van der Waals surface area contributed by atoms with Crippen LogP contribution in [0.5, 0.6) is 6.01 Å². The van der Waals surface area contributed by atoms with Crippen molar-refractivity contribution < 1.29 is 17.9 Å². The fourth-order valence-corrected chi connectivity index (χ4v) is 8.63. The third-order valence-electron chi connectivity index (χ3n) is 9.76. The molecule has 9 nitrogen and oxygen atoms in total. The number of benzene rings is 1. The molecule has 1 unspecified atom stereocenters. The van der Waals surface area contributed by atoms with Crippen LogP contribution in [-0.2, 0) is 6.42 Å². The Bertz CT molecular complexity index is 1850. The fourth-order valence-electron chi connectivity index (χ4n) is 7.71. The molecule has 1 atom stereocenters. The average molecular weight is 637 g/mol. The van der Waals surface area contributed by atoms with Crippen molar-refractivity contribution in [2.75, 3.05) is 50.0 Å². The van der Waals surface area contributed by atoms with E-state index in [1.807, 2.05) is 19.9 Å². The molecular formula is C32H35F3N8OS. The molecule has 0 bridgehead atoms. The summed E-state index contributed by atoms with van der Waals surface area (Å²) in [5, 5.41) is 13.6. The lowest BCUT2D eigenvalue weighted by Gasteiger charge is -2.36. The minimum atomic E-state index is -0.950. The number of piperazine rings is 1. The molecule has 13 heteroatoms. The highest BCUT2D eigenvalue weighted by Gasteiger charge is 2.45. The van der Waals surface area contributed by atoms with E-state index in [2.05, 4.69) is 25.1 Å². The minimum Gasteiger partial charge on any atom is -0.461 e. The molecule has 4 aliphatic rings. The summed E-state index contributed by atoms with van der Waals surface area (Å²) in [5.74, 6) is -2.01. The molecule has 236 valence electrons. The second-order valence-electron chi connectivity index (χ2n) is 11.9. The molecule has 0 spiro atoms. The number of nitrogens with zero attached hydrogens (tertiary/aromatic N) is 6. The normalized spacial score (nSPS) is 20.4. The van der Waals surface area contributed by atoms with Crippen LogP contribution in [0, 0.1) is 28.8 Å². The fraction of sp³-hybridized carbons (Fsp3) is 0.500. The van der Waals surface area contributed by atoms with E-state index in [1.54, 1.807) is 0 Å². The number of fused-ring (bicyclic) bond motifs is 4. The van der Waals surface area contributed by atoms with E-state index in [9.17, 15) is 9.65 Å². The smallest absolute Gasteiger partial charge is 0.319 e. The van der Waals surface area contributed by atoms with Crippen molar-refractivity contribution in [2.45, 2.75) is 64.0 Å². The predicted octanol–water partition coefficient (Wildman–Crippen LogP) is 5.54. The summed E-state index contributed by atoms with van der Waals surface area (Å²) >= 11 is 0.855. The summed E-state index contributed by atoms with van der Waals surface area (Å²) in [6, 6.07) is 2.04. The highest BCUT2D eigenvalue weighted by atomic mass is 32.1. The number of aryl methyl sites for hydroxylation is 1. The van der Waals surface area contributed by atoms with Gasteiger partial charge < -0.3 is 20.7 Å². The van der Waals surface area contributed by atoms with Crippen LogP contribution in [-0.4, -0.2) is 70.8 Å². The maximum atomic E-state index is 16.8. The lowest BCUT2D eigenvalue weighted by Crippen LogP contribution is -2.51. The Balaban J connectivity index is 0.00000160. The minimum absolute atomic E-state index is 0.00278. The summed E-state index contributed by atoms with van der Waals surface area (Å²) in [7, 11) is 0. The molecule has 4 aliphatic heterocycles. The Kier molecular flexibility index (Phi) is 7.70. The van der Waals surface area contributed by atoms with E-state index >= 15 is 8.78 Å². The lowest BCUT2D eigenvalue weighted by molar-refractivity contribution is 0.108. The van der Waals surface area contributed by atoms with Crippen molar-refractivity contribution in [3.63, 3.8) is 0 Å². The molecule has 4 aromatic rings. The molecule has 45 heavy (non-hydrogen) atoms. The highest BCUT2D eigenvalue weighted by molar-refractivity contribution is 7.23. The Morgan fingerprint density at radius 2 is 1.91 bits per heavy atom. The number of nitrogens with two attached hydrogens (primary N) is 1. The molecule has 1 aromatic carbocycles. The first kappa shape index (κ1) is 30.0. The van der Waals surface area contributed by atoms with Gasteiger partial charge in [0.1, 0.15) is 34.8 Å². The molecule has 7 heterocycles. The Morgan fingerprint density at radius 3 is 2.67 bits per heavy atom. The maximum Gasteiger partial charge on any atom is 0.319 e. The summed E-state index contributed by atoms with van der Waals surface area (Å²) in [4.78, 5) is 18.1. The van der Waals surface area contributed by atoms with Crippen molar-refractivity contribution in [3.05, 3.63) is 34.8 Å². The van der Waals surface area contributed by atoms with E-state index in [-0.39, 0.29) is 55.0 Å². The molecule has 3 fully saturated rings. The summed E-state index contributed by atoms with van der Waals surface area (Å²) in [6.07, 6.45) is 6.09. The summed E-state index contributed by atoms with van der Waals surface area (Å²) in [5.41, 5.74) is 5.48. The van der Waals surface area contributed by atoms with Gasteiger partial charge in [-0.05, 0) is 51.6 Å². The molecule has 3 saturated heterocycles. The number of thiophene rings is 1. The first-order valence-electron chi connectivity index (χ1n) is 15.7. The summed E-state index contributed by atoms with van der Waals surface area (Å²) < 4.78 is 54.6. The summed E-state index contributed by atoms with van der Waals surface area (Å²) in [6.45, 7) is 8.48. The Morgan fingerprint density at radius 1 is 1.13 bits per heavy atom. The van der Waals surface area contributed by atoms with Gasteiger partial charge in [-0.2, -0.15) is 15.2 Å². The third kappa shape index (κ3) is 4.60. The molecule has 3 aromatic heterocycles. The van der Waals surface area contributed by atoms with Gasteiger partial charge in [0.2, 0.25) is 0 Å². The predicted molar refractivity (Wildman–Crippen MR) is 169 cm³/mol. The molecular weight excluding hydrogens is 601 g/mol. The van der Waals surface area contributed by atoms with E-state index in [0.29, 0.717) is 50.3 Å². The van der Waals surface area contributed by atoms with E-state index < -0.39 is 23.0 Å². The molecule has 8 rings (SSSR count). The molecule has 0 amide bonds. The topological polar surface area (TPSA) is 116 Å². The van der Waals surface area contributed by atoms with Crippen LogP contribution in [0.2, 0.25) is 0 Å². The van der Waals surface area contributed by atoms with Crippen LogP contribution >= 0.6 is 11.3 Å². The van der Waals surface area contributed by atoms with Crippen LogP contribution in [0.3, 0.4) is 0 Å². The van der Waals surface area contributed by atoms with Crippen molar-refractivity contribution in [1.29, 1.82) is 5.26 Å². The molecule has 0 saturated carbocycles. The monoisotopic (exact) mass is 636 g/mol. The quantitative estimate of drug-likeness (QED) is 0.298. The largest absolute Gasteiger partial charge is 0.461 e. The van der Waals surface area contributed by atoms with Crippen molar-refractivity contribution >= 4 is 43.1 Å². The number of pyridine rings is 1. The SMILES string of the molecule is CC.N#Cc1c(N)sc2c(F)cnc(-c3c(F)c4c5c(nc(OCC67CCCN6CCC7)nc5c3F)N3CCNCC3CC4)c12. The first-order valence-corrected chi connectivity index (χ1v) is 16.6. The lowest BCUT2D eigenvalue weighted by atomic mass is 9.95. The number of nitriles is 1. The highest BCUT2D eigenvalue weighted by Crippen LogP contribution is 2.46. The van der Waals surface area contributed by atoms with E-state index in [1.165, 1.54) is 0 Å². The second kappa shape index (κ2) is 11.6. The Hall–Kier alpha value is -3.73. The first-order chi connectivity index (χ1) is 21.9. The van der Waals surface area contributed by atoms with Gasteiger partial charge in [0, 0.05) is 36.6 Å². The van der Waals surface area contributed by atoms with Gasteiger partial charge in [-0.1, -0.05) is 13.8 Å². The van der Waals surface area contributed by atoms with Gasteiger partial charge in [0.05, 0.1) is 38.6 Å². The molecule has 0 radical (unpaired) electrons. The second-order valence-corrected chi connectivity index (χ2v) is 13.0. The number of nitrogen functional groups attached to an aromatic ring is 1. The number of hydrogen-bond donors (Lipinski definition) is 2. The standard InChI is InChI=1S/C30H29F3N8OS.C2H6/c31-18-13-37-24(19-17(11-34)27(35)43-26(18)19)21-22(32)16-4-3-15-12-36-7-10-41(15)28-20(16)25(23(21)33)38-29(39-28)42-14-30-5-1-8-40(30)9-2-6-30;1-2/h13,15,36H,1-10,12,14,35H2;1-2H3. The van der Waals surface area contributed by atoms with Crippen molar-refractivity contribution in [1.82, 2.24) is 25.2 Å². The van der Waals surface area contributed by atoms with Gasteiger partial charge in [0.25, 0.3) is 0 Å². The number of halogens is 3. The van der Waals surface area contributed by atoms with Crippen molar-refractivity contribution in [3.8, 4) is 23.3 Å². The van der Waals surface area contributed by atoms with Gasteiger partial charge in [0.15, 0.2) is 11.6 Å². The number of ether oxygens (including phenoxy) is 1. The van der Waals surface area contributed by atoms with Gasteiger partial charge in [-0.3, -0.25) is 9.88 Å². The number of rotatable bonds is 4. The number of nitrogens with one attached hydrogen (secondary N) is 1. The number of aromatic nitrogens is 3. The number of anilines is 2. The average Bonchev–Trinajstić information content (AvgIpc) is 3.71. The van der Waals surface area contributed by atoms with Crippen molar-refractivity contribution in [2.24, 2.45) is 0 Å². The zero-order valence-electron chi connectivity index (χ0n) is 25.4. The van der Waals surface area contributed by atoms with Gasteiger partial charge in [-0.15, -0.1) is 11.3 Å². The third-order valence-corrected chi connectivity index (χ3v) is 10.8. The van der Waals surface area contributed by atoms with E-state index in [0.717, 1.165) is 56.3 Å². The van der Waals surface area contributed by atoms with Crippen LogP contribution in [0.25, 0.3) is 32.2 Å². The molecule has 0 aliphatic carbocycles. The van der Waals surface area contributed by atoms with Crippen LogP contribution in [0.1, 0.15) is 57.1 Å². The van der Waals surface area contributed by atoms with Crippen LogP contribution in [0.15, 0.2) is 6.20 Å². The molecule has 3 N–H and O–H groups in total. The van der Waals surface area contributed by atoms with Gasteiger partial charge in [-0.25, -0.2) is 13.2 Å². The zero-order valence-corrected chi connectivity index (χ0v) is 26.2. The zero-order chi connectivity index (χ0) is 31.5. The van der Waals surface area contributed by atoms with Crippen LogP contribution in [0.4, 0.5) is 24.0 Å². The Labute approximate surface area is 263 Å². The maximum absolute atomic E-state index is 16.8. The number of hydrogen-bond acceptors (Lipinski definition) is 10. The van der Waals surface area contributed by atoms with E-state index in [4.69, 9.17) is 15.5 Å².